The number of aromatic nitrogens is 2. The Bertz CT molecular complexity index is 852. The quantitative estimate of drug-likeness (QED) is 0.598. The van der Waals surface area contributed by atoms with E-state index in [9.17, 15) is 19.1 Å². The van der Waals surface area contributed by atoms with E-state index >= 15 is 0 Å². The molecule has 1 fully saturated rings. The number of nitrogens with zero attached hydrogens (tertiary/aromatic N) is 2. The van der Waals surface area contributed by atoms with Crippen LogP contribution in [0.25, 0.3) is 0 Å². The molecule has 2 N–H and O–H groups in total. The second-order valence-electron chi connectivity index (χ2n) is 5.72. The van der Waals surface area contributed by atoms with Crippen molar-refractivity contribution in [1.29, 1.82) is 0 Å². The predicted molar refractivity (Wildman–Crippen MR) is 93.9 cm³/mol. The standard InChI is InChI=1S/C17H18FN3O4S/c18-13-4-2-1-3-11(13)9-12-15(23)19-17(20-16(12)24)26-10-14(22)21-5-7-25-8-6-21/h1-4H,5-10H2,(H2,19,20,23,24). The van der Waals surface area contributed by atoms with Gasteiger partial charge >= 0.3 is 0 Å². The number of thioether (sulfide) groups is 1. The highest BCUT2D eigenvalue weighted by molar-refractivity contribution is 7.99. The molecule has 1 aromatic heterocycles. The lowest BCUT2D eigenvalue weighted by molar-refractivity contribution is -0.132. The number of hydrogen-bond donors (Lipinski definition) is 2. The number of amides is 1. The largest absolute Gasteiger partial charge is 0.493 e. The van der Waals surface area contributed by atoms with E-state index in [1.165, 1.54) is 12.1 Å². The van der Waals surface area contributed by atoms with Crippen molar-refractivity contribution in [1.82, 2.24) is 14.9 Å². The van der Waals surface area contributed by atoms with Gasteiger partial charge in [-0.25, -0.2) is 4.39 Å². The molecule has 1 amide bonds. The second kappa shape index (κ2) is 8.33. The van der Waals surface area contributed by atoms with Gasteiger partial charge in [-0.05, 0) is 11.6 Å². The van der Waals surface area contributed by atoms with Crippen LogP contribution in [0.5, 0.6) is 5.88 Å². The molecule has 26 heavy (non-hydrogen) atoms. The summed E-state index contributed by atoms with van der Waals surface area (Å²) in [5, 5.41) is 10.2. The van der Waals surface area contributed by atoms with Gasteiger partial charge in [-0.3, -0.25) is 9.59 Å². The zero-order valence-electron chi connectivity index (χ0n) is 13.9. The van der Waals surface area contributed by atoms with Crippen LogP contribution in [0.2, 0.25) is 0 Å². The zero-order valence-corrected chi connectivity index (χ0v) is 14.7. The number of benzene rings is 1. The summed E-state index contributed by atoms with van der Waals surface area (Å²) in [6.45, 7) is 2.10. The Hall–Kier alpha value is -2.39. The maximum Gasteiger partial charge on any atom is 0.258 e. The van der Waals surface area contributed by atoms with Gasteiger partial charge in [0.1, 0.15) is 5.82 Å². The highest BCUT2D eigenvalue weighted by atomic mass is 32.2. The monoisotopic (exact) mass is 379 g/mol. The van der Waals surface area contributed by atoms with Crippen LogP contribution in [-0.4, -0.2) is 57.9 Å². The molecule has 1 aliphatic rings. The number of aromatic hydroxyl groups is 1. The highest BCUT2D eigenvalue weighted by Crippen LogP contribution is 2.20. The number of nitrogens with one attached hydrogen (secondary N) is 1. The fourth-order valence-corrected chi connectivity index (χ4v) is 3.32. The fraction of sp³-hybridized carbons (Fsp3) is 0.353. The molecule has 2 aromatic rings. The Morgan fingerprint density at radius 2 is 2.08 bits per heavy atom. The van der Waals surface area contributed by atoms with Crippen LogP contribution in [0.4, 0.5) is 4.39 Å². The molecule has 0 saturated carbocycles. The van der Waals surface area contributed by atoms with Gasteiger partial charge in [-0.2, -0.15) is 4.98 Å². The van der Waals surface area contributed by atoms with Crippen LogP contribution in [0.1, 0.15) is 11.1 Å². The Morgan fingerprint density at radius 1 is 1.35 bits per heavy atom. The van der Waals surface area contributed by atoms with Gasteiger partial charge in [0.25, 0.3) is 5.56 Å². The predicted octanol–water partition coefficient (Wildman–Crippen LogP) is 1.16. The molecule has 7 nitrogen and oxygen atoms in total. The van der Waals surface area contributed by atoms with E-state index in [0.29, 0.717) is 26.3 Å². The SMILES string of the molecule is O=C(CSc1nc(O)c(Cc2ccccc2F)c(=O)[nH]1)N1CCOCC1. The van der Waals surface area contributed by atoms with E-state index in [-0.39, 0.29) is 34.4 Å². The van der Waals surface area contributed by atoms with Crippen molar-refractivity contribution in [2.45, 2.75) is 11.6 Å². The smallest absolute Gasteiger partial charge is 0.258 e. The number of ether oxygens (including phenoxy) is 1. The lowest BCUT2D eigenvalue weighted by atomic mass is 10.1. The second-order valence-corrected chi connectivity index (χ2v) is 6.69. The van der Waals surface area contributed by atoms with Crippen LogP contribution in [-0.2, 0) is 16.0 Å². The van der Waals surface area contributed by atoms with Gasteiger partial charge in [0.2, 0.25) is 11.8 Å². The number of H-pyrrole nitrogens is 1. The number of aromatic amines is 1. The molecule has 1 saturated heterocycles. The molecule has 9 heteroatoms. The summed E-state index contributed by atoms with van der Waals surface area (Å²) in [6.07, 6.45) is -0.0709. The summed E-state index contributed by atoms with van der Waals surface area (Å²) in [5.41, 5.74) is -0.279. The minimum absolute atomic E-state index is 0.0149. The molecule has 0 spiro atoms. The lowest BCUT2D eigenvalue weighted by Gasteiger charge is -2.26. The normalized spacial score (nSPS) is 14.4. The van der Waals surface area contributed by atoms with Crippen molar-refractivity contribution in [3.05, 3.63) is 51.6 Å². The van der Waals surface area contributed by atoms with Gasteiger partial charge in [0, 0.05) is 19.5 Å². The van der Waals surface area contributed by atoms with E-state index < -0.39 is 17.3 Å². The number of carbonyl (C=O) groups is 1. The number of hydrogen-bond acceptors (Lipinski definition) is 6. The van der Waals surface area contributed by atoms with Gasteiger partial charge in [0.15, 0.2) is 5.16 Å². The Balaban J connectivity index is 1.68. The maximum atomic E-state index is 13.7. The van der Waals surface area contributed by atoms with Gasteiger partial charge in [-0.1, -0.05) is 30.0 Å². The maximum absolute atomic E-state index is 13.7. The molecule has 1 aliphatic heterocycles. The molecular formula is C17H18FN3O4S. The van der Waals surface area contributed by atoms with Crippen molar-refractivity contribution in [2.24, 2.45) is 0 Å². The van der Waals surface area contributed by atoms with E-state index in [4.69, 9.17) is 4.74 Å². The average molecular weight is 379 g/mol. The summed E-state index contributed by atoms with van der Waals surface area (Å²) >= 11 is 1.04. The molecule has 0 unspecified atom stereocenters. The van der Waals surface area contributed by atoms with Crippen LogP contribution in [0.15, 0.2) is 34.2 Å². The highest BCUT2D eigenvalue weighted by Gasteiger charge is 2.18. The third-order valence-corrected chi connectivity index (χ3v) is 4.85. The fourth-order valence-electron chi connectivity index (χ4n) is 2.56. The Labute approximate surface area is 153 Å². The molecule has 0 aliphatic carbocycles. The van der Waals surface area contributed by atoms with E-state index in [1.807, 2.05) is 0 Å². The Morgan fingerprint density at radius 3 is 2.77 bits per heavy atom. The van der Waals surface area contributed by atoms with E-state index in [2.05, 4.69) is 9.97 Å². The molecule has 0 bridgehead atoms. The van der Waals surface area contributed by atoms with Gasteiger partial charge in [0.05, 0.1) is 24.5 Å². The third kappa shape index (κ3) is 4.41. The minimum Gasteiger partial charge on any atom is -0.493 e. The molecule has 2 heterocycles. The van der Waals surface area contributed by atoms with E-state index in [1.54, 1.807) is 17.0 Å². The van der Waals surface area contributed by atoms with Crippen LogP contribution in [0, 0.1) is 5.82 Å². The number of halogens is 1. The number of morpholine rings is 1. The van der Waals surface area contributed by atoms with E-state index in [0.717, 1.165) is 11.8 Å². The summed E-state index contributed by atoms with van der Waals surface area (Å²) in [6, 6.07) is 6.03. The number of rotatable bonds is 5. The first-order chi connectivity index (χ1) is 12.5. The summed E-state index contributed by atoms with van der Waals surface area (Å²) in [5.74, 6) is -0.912. The lowest BCUT2D eigenvalue weighted by Crippen LogP contribution is -2.41. The van der Waals surface area contributed by atoms with Gasteiger partial charge in [-0.15, -0.1) is 0 Å². The average Bonchev–Trinajstić information content (AvgIpc) is 2.65. The first-order valence-corrected chi connectivity index (χ1v) is 9.07. The molecular weight excluding hydrogens is 361 g/mol. The molecule has 0 atom stereocenters. The first-order valence-electron chi connectivity index (χ1n) is 8.08. The number of carbonyl (C=O) groups excluding carboxylic acids is 1. The molecule has 3 rings (SSSR count). The minimum atomic E-state index is -0.554. The zero-order chi connectivity index (χ0) is 18.5. The molecule has 1 aromatic carbocycles. The Kier molecular flexibility index (Phi) is 5.89. The first kappa shape index (κ1) is 18.4. The van der Waals surface area contributed by atoms with Gasteiger partial charge < -0.3 is 19.7 Å². The molecule has 138 valence electrons. The van der Waals surface area contributed by atoms with Crippen LogP contribution in [0.3, 0.4) is 0 Å². The third-order valence-electron chi connectivity index (χ3n) is 3.99. The summed E-state index contributed by atoms with van der Waals surface area (Å²) < 4.78 is 18.9. The van der Waals surface area contributed by atoms with Crippen molar-refractivity contribution in [3.63, 3.8) is 0 Å². The van der Waals surface area contributed by atoms with Crippen molar-refractivity contribution in [2.75, 3.05) is 32.1 Å². The van der Waals surface area contributed by atoms with Crippen LogP contribution >= 0.6 is 11.8 Å². The summed E-state index contributed by atoms with van der Waals surface area (Å²) in [4.78, 5) is 32.5. The summed E-state index contributed by atoms with van der Waals surface area (Å²) in [7, 11) is 0. The molecule has 0 radical (unpaired) electrons. The van der Waals surface area contributed by atoms with Crippen molar-refractivity contribution < 1.29 is 19.0 Å². The van der Waals surface area contributed by atoms with Crippen molar-refractivity contribution in [3.8, 4) is 5.88 Å². The topological polar surface area (TPSA) is 95.5 Å². The van der Waals surface area contributed by atoms with Crippen LogP contribution < -0.4 is 5.56 Å². The van der Waals surface area contributed by atoms with Crippen molar-refractivity contribution >= 4 is 17.7 Å².